The lowest BCUT2D eigenvalue weighted by Crippen LogP contribution is -2.41. The summed E-state index contributed by atoms with van der Waals surface area (Å²) >= 11 is 3.33. The maximum Gasteiger partial charge on any atom is 0.315 e. The van der Waals surface area contributed by atoms with Gasteiger partial charge in [-0.05, 0) is 48.2 Å². The van der Waals surface area contributed by atoms with E-state index in [2.05, 4.69) is 36.8 Å². The van der Waals surface area contributed by atoms with Crippen molar-refractivity contribution in [1.29, 1.82) is 0 Å². The van der Waals surface area contributed by atoms with E-state index in [4.69, 9.17) is 0 Å². The molecule has 0 aliphatic carbocycles. The molecule has 1 unspecified atom stereocenters. The van der Waals surface area contributed by atoms with E-state index >= 15 is 0 Å². The Hall–Kier alpha value is -2.48. The van der Waals surface area contributed by atoms with Crippen LogP contribution in [0.25, 0.3) is 5.65 Å². The third-order valence-electron chi connectivity index (χ3n) is 4.26. The Balaban J connectivity index is 1.63. The molecule has 0 bridgehead atoms. The van der Waals surface area contributed by atoms with E-state index < -0.39 is 0 Å². The molecule has 27 heavy (non-hydrogen) atoms. The Labute approximate surface area is 165 Å². The number of carbonyl (C=O) groups excluding carboxylic acids is 1. The second-order valence-electron chi connectivity index (χ2n) is 6.59. The van der Waals surface area contributed by atoms with Crippen LogP contribution in [0.5, 0.6) is 0 Å². The predicted molar refractivity (Wildman–Crippen MR) is 105 cm³/mol. The van der Waals surface area contributed by atoms with E-state index in [0.29, 0.717) is 24.4 Å². The van der Waals surface area contributed by atoms with Crippen molar-refractivity contribution in [3.63, 3.8) is 0 Å². The summed E-state index contributed by atoms with van der Waals surface area (Å²) < 4.78 is 16.4. The van der Waals surface area contributed by atoms with Crippen LogP contribution in [-0.4, -0.2) is 27.2 Å². The van der Waals surface area contributed by atoms with Crippen molar-refractivity contribution in [3.05, 3.63) is 64.3 Å². The number of fused-ring (bicyclic) bond motifs is 1. The molecule has 0 radical (unpaired) electrons. The van der Waals surface area contributed by atoms with Crippen molar-refractivity contribution in [3.8, 4) is 0 Å². The van der Waals surface area contributed by atoms with E-state index in [1.165, 1.54) is 6.07 Å². The van der Waals surface area contributed by atoms with Crippen LogP contribution < -0.4 is 10.6 Å². The van der Waals surface area contributed by atoms with Gasteiger partial charge in [-0.25, -0.2) is 9.18 Å². The number of nitrogens with zero attached hydrogens (tertiary/aromatic N) is 3. The average Bonchev–Trinajstić information content (AvgIpc) is 3.06. The number of carbonyl (C=O) groups is 1. The average molecular weight is 434 g/mol. The second-order valence-corrected chi connectivity index (χ2v) is 7.51. The topological polar surface area (TPSA) is 71.3 Å². The van der Waals surface area contributed by atoms with Gasteiger partial charge in [-0.2, -0.15) is 0 Å². The van der Waals surface area contributed by atoms with Crippen molar-refractivity contribution in [2.45, 2.75) is 26.3 Å². The quantitative estimate of drug-likeness (QED) is 0.619. The number of benzene rings is 1. The number of urea groups is 1. The fourth-order valence-corrected chi connectivity index (χ4v) is 3.25. The molecule has 2 amide bonds. The summed E-state index contributed by atoms with van der Waals surface area (Å²) in [6.07, 6.45) is 2.27. The first-order valence-electron chi connectivity index (χ1n) is 8.73. The number of pyridine rings is 1. The number of halogens is 2. The van der Waals surface area contributed by atoms with E-state index in [0.717, 1.165) is 10.1 Å². The molecule has 1 aromatic carbocycles. The minimum atomic E-state index is -0.322. The number of hydrogen-bond acceptors (Lipinski definition) is 3. The van der Waals surface area contributed by atoms with E-state index in [1.54, 1.807) is 12.1 Å². The Bertz CT molecular complexity index is 943. The van der Waals surface area contributed by atoms with E-state index in [1.807, 2.05) is 42.6 Å². The van der Waals surface area contributed by atoms with Crippen molar-refractivity contribution in [1.82, 2.24) is 25.2 Å². The molecule has 8 heteroatoms. The zero-order valence-electron chi connectivity index (χ0n) is 15.1. The number of hydrogen-bond donors (Lipinski definition) is 2. The molecule has 0 fully saturated rings. The fraction of sp³-hybridized carbons (Fsp3) is 0.316. The molecular weight excluding hydrogens is 413 g/mol. The third kappa shape index (κ3) is 4.63. The van der Waals surface area contributed by atoms with E-state index in [-0.39, 0.29) is 23.8 Å². The lowest BCUT2D eigenvalue weighted by molar-refractivity contribution is 0.232. The Kier molecular flexibility index (Phi) is 6.05. The molecule has 3 rings (SSSR count). The standard InChI is InChI=1S/C19H21BrFN5O/c1-12(2)17(18-25-24-16-5-3-4-10-26(16)18)23-19(27)22-9-8-13-11-14(20)6-7-15(13)21/h3-7,10-12,17H,8-9H2,1-2H3,(H2,22,23,27). The first-order chi connectivity index (χ1) is 13.0. The molecule has 142 valence electrons. The number of aromatic nitrogens is 3. The van der Waals surface area contributed by atoms with Crippen LogP contribution in [0, 0.1) is 11.7 Å². The van der Waals surface area contributed by atoms with Gasteiger partial charge in [0.1, 0.15) is 5.82 Å². The highest BCUT2D eigenvalue weighted by atomic mass is 79.9. The number of rotatable bonds is 6. The largest absolute Gasteiger partial charge is 0.338 e. The van der Waals surface area contributed by atoms with Gasteiger partial charge in [-0.3, -0.25) is 4.40 Å². The zero-order chi connectivity index (χ0) is 19.4. The molecule has 0 spiro atoms. The second kappa shape index (κ2) is 8.47. The molecule has 0 aliphatic heterocycles. The maximum absolute atomic E-state index is 13.8. The summed E-state index contributed by atoms with van der Waals surface area (Å²) in [4.78, 5) is 12.3. The number of amides is 2. The van der Waals surface area contributed by atoms with Crippen LogP contribution in [0.4, 0.5) is 9.18 Å². The van der Waals surface area contributed by atoms with Gasteiger partial charge in [0, 0.05) is 17.2 Å². The summed E-state index contributed by atoms with van der Waals surface area (Å²) in [5, 5.41) is 14.1. The molecule has 0 saturated heterocycles. The highest BCUT2D eigenvalue weighted by Gasteiger charge is 2.23. The Morgan fingerprint density at radius 2 is 2.07 bits per heavy atom. The third-order valence-corrected chi connectivity index (χ3v) is 4.75. The monoisotopic (exact) mass is 433 g/mol. The van der Waals surface area contributed by atoms with Crippen LogP contribution >= 0.6 is 15.9 Å². The molecule has 0 aliphatic rings. The Morgan fingerprint density at radius 1 is 1.26 bits per heavy atom. The zero-order valence-corrected chi connectivity index (χ0v) is 16.7. The van der Waals surface area contributed by atoms with Gasteiger partial charge in [0.2, 0.25) is 0 Å². The van der Waals surface area contributed by atoms with Gasteiger partial charge in [0.05, 0.1) is 6.04 Å². The lowest BCUT2D eigenvalue weighted by Gasteiger charge is -2.21. The maximum atomic E-state index is 13.8. The SMILES string of the molecule is CC(C)C(NC(=O)NCCc1cc(Br)ccc1F)c1nnc2ccccn12. The van der Waals surface area contributed by atoms with Crippen LogP contribution in [-0.2, 0) is 6.42 Å². The van der Waals surface area contributed by atoms with Gasteiger partial charge < -0.3 is 10.6 Å². The van der Waals surface area contributed by atoms with Gasteiger partial charge in [-0.15, -0.1) is 10.2 Å². The summed E-state index contributed by atoms with van der Waals surface area (Å²) in [7, 11) is 0. The van der Waals surface area contributed by atoms with Crippen molar-refractivity contribution < 1.29 is 9.18 Å². The van der Waals surface area contributed by atoms with Gasteiger partial charge in [-0.1, -0.05) is 35.8 Å². The molecule has 1 atom stereocenters. The minimum absolute atomic E-state index is 0.117. The first-order valence-corrected chi connectivity index (χ1v) is 9.53. The summed E-state index contributed by atoms with van der Waals surface area (Å²) in [6.45, 7) is 4.34. The fourth-order valence-electron chi connectivity index (χ4n) is 2.84. The molecule has 0 saturated carbocycles. The van der Waals surface area contributed by atoms with Crippen LogP contribution in [0.3, 0.4) is 0 Å². The van der Waals surface area contributed by atoms with Gasteiger partial charge in [0.15, 0.2) is 11.5 Å². The molecule has 2 N–H and O–H groups in total. The number of nitrogens with one attached hydrogen (secondary N) is 2. The lowest BCUT2D eigenvalue weighted by atomic mass is 10.0. The molecule has 6 nitrogen and oxygen atoms in total. The predicted octanol–water partition coefficient (Wildman–Crippen LogP) is 3.87. The molecule has 2 heterocycles. The van der Waals surface area contributed by atoms with Crippen molar-refractivity contribution in [2.75, 3.05) is 6.54 Å². The van der Waals surface area contributed by atoms with Crippen molar-refractivity contribution >= 4 is 27.6 Å². The summed E-state index contributed by atoms with van der Waals surface area (Å²) in [5.41, 5.74) is 1.28. The van der Waals surface area contributed by atoms with Gasteiger partial charge in [0.25, 0.3) is 0 Å². The molecule has 3 aromatic rings. The van der Waals surface area contributed by atoms with Crippen LogP contribution in [0.15, 0.2) is 47.1 Å². The van der Waals surface area contributed by atoms with Crippen LogP contribution in [0.1, 0.15) is 31.3 Å². The Morgan fingerprint density at radius 3 is 2.85 bits per heavy atom. The summed E-state index contributed by atoms with van der Waals surface area (Å²) in [6, 6.07) is 9.79. The molecule has 2 aromatic heterocycles. The van der Waals surface area contributed by atoms with Gasteiger partial charge >= 0.3 is 6.03 Å². The smallest absolute Gasteiger partial charge is 0.315 e. The molecular formula is C19H21BrFN5O. The normalized spacial score (nSPS) is 12.3. The first kappa shape index (κ1) is 19.3. The highest BCUT2D eigenvalue weighted by Crippen LogP contribution is 2.20. The minimum Gasteiger partial charge on any atom is -0.338 e. The van der Waals surface area contributed by atoms with Crippen LogP contribution in [0.2, 0.25) is 0 Å². The summed E-state index contributed by atoms with van der Waals surface area (Å²) in [5.74, 6) is 0.509. The van der Waals surface area contributed by atoms with Crippen molar-refractivity contribution in [2.24, 2.45) is 5.92 Å². The van der Waals surface area contributed by atoms with E-state index in [9.17, 15) is 9.18 Å². The highest BCUT2D eigenvalue weighted by molar-refractivity contribution is 9.10.